The fraction of sp³-hybridized carbons (Fsp3) is 0.700. The molecule has 0 aliphatic carbocycles. The van der Waals surface area contributed by atoms with Crippen LogP contribution in [0.4, 0.5) is 0 Å². The molecule has 2 nitrogen and oxygen atoms in total. The molecule has 14 heavy (non-hydrogen) atoms. The van der Waals surface area contributed by atoms with Crippen LogP contribution in [0.1, 0.15) is 31.1 Å². The van der Waals surface area contributed by atoms with Crippen molar-refractivity contribution in [1.29, 1.82) is 0 Å². The van der Waals surface area contributed by atoms with Crippen LogP contribution >= 0.6 is 22.9 Å². The highest BCUT2D eigenvalue weighted by Crippen LogP contribution is 2.25. The number of halogens is 1. The number of thiazole rings is 1. The Morgan fingerprint density at radius 2 is 2.57 bits per heavy atom. The van der Waals surface area contributed by atoms with Crippen molar-refractivity contribution in [3.8, 4) is 0 Å². The molecule has 0 radical (unpaired) electrons. The van der Waals surface area contributed by atoms with Gasteiger partial charge in [-0.1, -0.05) is 18.5 Å². The van der Waals surface area contributed by atoms with Gasteiger partial charge in [0.05, 0.1) is 0 Å². The summed E-state index contributed by atoms with van der Waals surface area (Å²) in [6.07, 6.45) is 5.85. The Hall–Kier alpha value is -0.120. The van der Waals surface area contributed by atoms with Crippen molar-refractivity contribution in [2.24, 2.45) is 0 Å². The van der Waals surface area contributed by atoms with E-state index in [4.69, 9.17) is 11.6 Å². The second-order valence-corrected chi connectivity index (χ2v) is 5.45. The zero-order valence-electron chi connectivity index (χ0n) is 8.37. The maximum absolute atomic E-state index is 5.81. The van der Waals surface area contributed by atoms with Crippen LogP contribution in [-0.4, -0.2) is 22.5 Å². The smallest absolute Gasteiger partial charge is 0.183 e. The fourth-order valence-electron chi connectivity index (χ4n) is 2.12. The first-order chi connectivity index (χ1) is 6.79. The summed E-state index contributed by atoms with van der Waals surface area (Å²) in [4.78, 5) is 7.90. The average Bonchev–Trinajstić information content (AvgIpc) is 2.76. The van der Waals surface area contributed by atoms with Gasteiger partial charge < -0.3 is 0 Å². The summed E-state index contributed by atoms with van der Waals surface area (Å²) in [5.74, 6) is 0. The summed E-state index contributed by atoms with van der Waals surface area (Å²) in [5, 5.41) is 0. The molecular formula is C10H15ClN2S. The van der Waals surface area contributed by atoms with Gasteiger partial charge in [-0.2, -0.15) is 0 Å². The number of rotatable bonds is 3. The topological polar surface area (TPSA) is 16.1 Å². The summed E-state index contributed by atoms with van der Waals surface area (Å²) in [6.45, 7) is 4.53. The van der Waals surface area contributed by atoms with Crippen molar-refractivity contribution in [1.82, 2.24) is 9.88 Å². The maximum atomic E-state index is 5.81. The molecule has 0 N–H and O–H groups in total. The molecule has 1 atom stereocenters. The van der Waals surface area contributed by atoms with Crippen LogP contribution in [0.15, 0.2) is 6.20 Å². The predicted molar refractivity (Wildman–Crippen MR) is 60.8 cm³/mol. The molecule has 4 heteroatoms. The first-order valence-corrected chi connectivity index (χ1v) is 6.33. The standard InChI is InChI=1S/C10H15ClN2S/c1-2-8-4-3-5-13(8)7-9-6-12-10(11)14-9/h6,8H,2-5,7H2,1H3. The Labute approximate surface area is 93.9 Å². The Bertz CT molecular complexity index is 300. The third-order valence-corrected chi connectivity index (χ3v) is 3.95. The molecule has 1 aliphatic rings. The Morgan fingerprint density at radius 3 is 3.21 bits per heavy atom. The van der Waals surface area contributed by atoms with Gasteiger partial charge in [0.15, 0.2) is 4.47 Å². The van der Waals surface area contributed by atoms with Crippen LogP contribution in [0.5, 0.6) is 0 Å². The SMILES string of the molecule is CCC1CCCN1Cc1cnc(Cl)s1. The van der Waals surface area contributed by atoms with Gasteiger partial charge in [0.1, 0.15) is 0 Å². The molecule has 2 heterocycles. The van der Waals surface area contributed by atoms with E-state index in [1.54, 1.807) is 11.3 Å². The largest absolute Gasteiger partial charge is 0.295 e. The first-order valence-electron chi connectivity index (χ1n) is 5.14. The molecule has 78 valence electrons. The molecule has 1 saturated heterocycles. The molecule has 0 amide bonds. The second kappa shape index (κ2) is 4.60. The third kappa shape index (κ3) is 2.27. The van der Waals surface area contributed by atoms with Crippen molar-refractivity contribution in [2.75, 3.05) is 6.54 Å². The number of aromatic nitrogens is 1. The highest BCUT2D eigenvalue weighted by Gasteiger charge is 2.23. The van der Waals surface area contributed by atoms with Gasteiger partial charge in [-0.15, -0.1) is 11.3 Å². The van der Waals surface area contributed by atoms with Gasteiger partial charge in [-0.05, 0) is 25.8 Å². The zero-order valence-corrected chi connectivity index (χ0v) is 9.94. The van der Waals surface area contributed by atoms with Crippen molar-refractivity contribution < 1.29 is 0 Å². The normalized spacial score (nSPS) is 23.1. The second-order valence-electron chi connectivity index (χ2n) is 3.75. The van der Waals surface area contributed by atoms with Crippen LogP contribution in [0, 0.1) is 0 Å². The molecule has 1 fully saturated rings. The van der Waals surface area contributed by atoms with E-state index in [2.05, 4.69) is 16.8 Å². The minimum absolute atomic E-state index is 0.659. The van der Waals surface area contributed by atoms with Crippen LogP contribution in [0.2, 0.25) is 4.47 Å². The minimum atomic E-state index is 0.659. The van der Waals surface area contributed by atoms with Gasteiger partial charge >= 0.3 is 0 Å². The molecule has 1 aromatic rings. The third-order valence-electron chi connectivity index (χ3n) is 2.85. The van der Waals surface area contributed by atoms with E-state index in [0.29, 0.717) is 4.47 Å². The van der Waals surface area contributed by atoms with E-state index in [1.165, 1.54) is 30.7 Å². The molecule has 1 aliphatic heterocycles. The minimum Gasteiger partial charge on any atom is -0.295 e. The Morgan fingerprint density at radius 1 is 1.71 bits per heavy atom. The highest BCUT2D eigenvalue weighted by atomic mass is 35.5. The van der Waals surface area contributed by atoms with E-state index in [9.17, 15) is 0 Å². The van der Waals surface area contributed by atoms with E-state index in [0.717, 1.165) is 12.6 Å². The predicted octanol–water partition coefficient (Wildman–Crippen LogP) is 3.17. The van der Waals surface area contributed by atoms with Gasteiger partial charge in [0.25, 0.3) is 0 Å². The van der Waals surface area contributed by atoms with Gasteiger partial charge in [-0.3, -0.25) is 4.90 Å². The van der Waals surface area contributed by atoms with Crippen LogP contribution in [-0.2, 0) is 6.54 Å². The quantitative estimate of drug-likeness (QED) is 0.793. The number of nitrogens with zero attached hydrogens (tertiary/aromatic N) is 2. The van der Waals surface area contributed by atoms with Gasteiger partial charge in [0, 0.05) is 23.7 Å². The van der Waals surface area contributed by atoms with E-state index >= 15 is 0 Å². The Kier molecular flexibility index (Phi) is 3.42. The molecular weight excluding hydrogens is 216 g/mol. The average molecular weight is 231 g/mol. The lowest BCUT2D eigenvalue weighted by atomic mass is 10.2. The monoisotopic (exact) mass is 230 g/mol. The number of hydrogen-bond acceptors (Lipinski definition) is 3. The van der Waals surface area contributed by atoms with Crippen LogP contribution in [0.3, 0.4) is 0 Å². The molecule has 0 aromatic carbocycles. The van der Waals surface area contributed by atoms with Crippen molar-refractivity contribution in [3.05, 3.63) is 15.5 Å². The Balaban J connectivity index is 1.96. The lowest BCUT2D eigenvalue weighted by Crippen LogP contribution is -2.27. The molecule has 0 saturated carbocycles. The van der Waals surface area contributed by atoms with Gasteiger partial charge in [-0.25, -0.2) is 4.98 Å². The lowest BCUT2D eigenvalue weighted by molar-refractivity contribution is 0.242. The van der Waals surface area contributed by atoms with Gasteiger partial charge in [0.2, 0.25) is 0 Å². The van der Waals surface area contributed by atoms with Crippen molar-refractivity contribution in [3.63, 3.8) is 0 Å². The summed E-state index contributed by atoms with van der Waals surface area (Å²) in [5.41, 5.74) is 0. The molecule has 2 rings (SSSR count). The van der Waals surface area contributed by atoms with Crippen LogP contribution < -0.4 is 0 Å². The summed E-state index contributed by atoms with van der Waals surface area (Å²) in [6, 6.07) is 0.774. The number of hydrogen-bond donors (Lipinski definition) is 0. The summed E-state index contributed by atoms with van der Waals surface area (Å²) in [7, 11) is 0. The summed E-state index contributed by atoms with van der Waals surface area (Å²) >= 11 is 7.40. The lowest BCUT2D eigenvalue weighted by Gasteiger charge is -2.21. The zero-order chi connectivity index (χ0) is 9.97. The summed E-state index contributed by atoms with van der Waals surface area (Å²) < 4.78 is 0.659. The highest BCUT2D eigenvalue weighted by molar-refractivity contribution is 7.15. The molecule has 1 unspecified atom stereocenters. The van der Waals surface area contributed by atoms with E-state index < -0.39 is 0 Å². The van der Waals surface area contributed by atoms with E-state index in [1.807, 2.05) is 6.20 Å². The fourth-order valence-corrected chi connectivity index (χ4v) is 3.13. The molecule has 0 spiro atoms. The molecule has 0 bridgehead atoms. The molecule has 1 aromatic heterocycles. The van der Waals surface area contributed by atoms with Crippen molar-refractivity contribution in [2.45, 2.75) is 38.8 Å². The first kappa shape index (κ1) is 10.4. The number of likely N-dealkylation sites (tertiary alicyclic amines) is 1. The maximum Gasteiger partial charge on any atom is 0.183 e. The van der Waals surface area contributed by atoms with Crippen molar-refractivity contribution >= 4 is 22.9 Å². The van der Waals surface area contributed by atoms with Crippen LogP contribution in [0.25, 0.3) is 0 Å². The van der Waals surface area contributed by atoms with E-state index in [-0.39, 0.29) is 0 Å².